The molecule has 0 saturated heterocycles. The zero-order chi connectivity index (χ0) is 21.3. The van der Waals surface area contributed by atoms with Gasteiger partial charge in [0, 0.05) is 17.3 Å². The van der Waals surface area contributed by atoms with Crippen molar-refractivity contribution in [2.24, 2.45) is 4.99 Å². The zero-order valence-corrected chi connectivity index (χ0v) is 17.3. The molecule has 0 spiro atoms. The van der Waals surface area contributed by atoms with Crippen LogP contribution in [0.2, 0.25) is 0 Å². The first-order chi connectivity index (χ1) is 12.7. The fourth-order valence-corrected chi connectivity index (χ4v) is 2.86. The number of hydrogen-bond donors (Lipinski definition) is 1. The molecule has 2 aromatic rings. The number of phenolic OH excluding ortho intramolecular Hbond substituents is 1. The fourth-order valence-electron chi connectivity index (χ4n) is 2.86. The largest absolute Gasteiger partial charge is 0.507 e. The fraction of sp³-hybridized carbons (Fsp3) is 0.435. The molecule has 152 valence electrons. The number of aromatic hydroxyl groups is 1. The molecule has 0 unspecified atom stereocenters. The van der Waals surface area contributed by atoms with Crippen molar-refractivity contribution in [1.29, 1.82) is 0 Å². The van der Waals surface area contributed by atoms with Gasteiger partial charge in [0.25, 0.3) is 0 Å². The van der Waals surface area contributed by atoms with E-state index in [1.165, 1.54) is 6.07 Å². The lowest BCUT2D eigenvalue weighted by Gasteiger charge is -2.27. The van der Waals surface area contributed by atoms with E-state index >= 15 is 0 Å². The van der Waals surface area contributed by atoms with E-state index in [9.17, 15) is 18.3 Å². The van der Waals surface area contributed by atoms with Gasteiger partial charge in [-0.15, -0.1) is 0 Å². The molecule has 5 heteroatoms. The molecule has 2 nitrogen and oxygen atoms in total. The average molecular weight is 391 g/mol. The number of halogens is 3. The standard InChI is InChI=1S/C23H28F3NO/c1-21(2,3)18-11-16(20(28)19(12-18)22(4,5)6)14-27-13-15-8-7-9-17(10-15)23(24,25)26/h7-12,14,28H,13H2,1-6H3. The first kappa shape index (κ1) is 22.0. The maximum atomic E-state index is 12.8. The van der Waals surface area contributed by atoms with Gasteiger partial charge in [-0.25, -0.2) is 0 Å². The maximum Gasteiger partial charge on any atom is 0.416 e. The highest BCUT2D eigenvalue weighted by Crippen LogP contribution is 2.37. The molecule has 0 aliphatic rings. The van der Waals surface area contributed by atoms with Crippen LogP contribution in [0, 0.1) is 0 Å². The Morgan fingerprint density at radius 3 is 2.07 bits per heavy atom. The topological polar surface area (TPSA) is 32.6 Å². The molecule has 0 heterocycles. The van der Waals surface area contributed by atoms with Gasteiger partial charge in [-0.3, -0.25) is 4.99 Å². The number of benzene rings is 2. The Morgan fingerprint density at radius 2 is 1.54 bits per heavy atom. The van der Waals surface area contributed by atoms with Crippen LogP contribution in [0.15, 0.2) is 41.4 Å². The molecule has 0 aliphatic carbocycles. The lowest BCUT2D eigenvalue weighted by Crippen LogP contribution is -2.17. The van der Waals surface area contributed by atoms with Crippen LogP contribution in [0.3, 0.4) is 0 Å². The van der Waals surface area contributed by atoms with Crippen molar-refractivity contribution in [1.82, 2.24) is 0 Å². The first-order valence-corrected chi connectivity index (χ1v) is 9.23. The van der Waals surface area contributed by atoms with Crippen LogP contribution in [-0.2, 0) is 23.6 Å². The highest BCUT2D eigenvalue weighted by molar-refractivity contribution is 5.85. The van der Waals surface area contributed by atoms with E-state index in [2.05, 4.69) is 25.8 Å². The van der Waals surface area contributed by atoms with Crippen molar-refractivity contribution >= 4 is 6.21 Å². The van der Waals surface area contributed by atoms with Gasteiger partial charge >= 0.3 is 6.18 Å². The predicted molar refractivity (Wildman–Crippen MR) is 108 cm³/mol. The van der Waals surface area contributed by atoms with E-state index in [1.54, 1.807) is 12.3 Å². The first-order valence-electron chi connectivity index (χ1n) is 9.23. The second-order valence-electron chi connectivity index (χ2n) is 9.13. The van der Waals surface area contributed by atoms with Crippen molar-refractivity contribution in [3.63, 3.8) is 0 Å². The molecule has 0 radical (unpaired) electrons. The van der Waals surface area contributed by atoms with E-state index in [0.29, 0.717) is 11.1 Å². The summed E-state index contributed by atoms with van der Waals surface area (Å²) in [4.78, 5) is 4.29. The van der Waals surface area contributed by atoms with Gasteiger partial charge in [-0.05, 0) is 40.2 Å². The Bertz CT molecular complexity index is 869. The van der Waals surface area contributed by atoms with Gasteiger partial charge in [-0.2, -0.15) is 13.2 Å². The molecule has 0 aromatic heterocycles. The highest BCUT2D eigenvalue weighted by Gasteiger charge is 2.30. The third-order valence-corrected chi connectivity index (χ3v) is 4.57. The van der Waals surface area contributed by atoms with Crippen molar-refractivity contribution in [2.75, 3.05) is 0 Å². The van der Waals surface area contributed by atoms with Crippen LogP contribution in [0.25, 0.3) is 0 Å². The lowest BCUT2D eigenvalue weighted by molar-refractivity contribution is -0.137. The number of alkyl halides is 3. The second-order valence-corrected chi connectivity index (χ2v) is 9.13. The maximum absolute atomic E-state index is 12.8. The average Bonchev–Trinajstić information content (AvgIpc) is 2.53. The molecular weight excluding hydrogens is 363 g/mol. The summed E-state index contributed by atoms with van der Waals surface area (Å²) in [5, 5.41) is 10.7. The van der Waals surface area contributed by atoms with E-state index in [1.807, 2.05) is 32.9 Å². The van der Waals surface area contributed by atoms with Crippen molar-refractivity contribution in [3.8, 4) is 5.75 Å². The highest BCUT2D eigenvalue weighted by atomic mass is 19.4. The van der Waals surface area contributed by atoms with Crippen LogP contribution >= 0.6 is 0 Å². The van der Waals surface area contributed by atoms with Crippen LogP contribution in [0.4, 0.5) is 13.2 Å². The molecule has 2 aromatic carbocycles. The Labute approximate surface area is 165 Å². The van der Waals surface area contributed by atoms with Gasteiger partial charge in [-0.1, -0.05) is 59.7 Å². The number of phenols is 1. The molecule has 0 amide bonds. The van der Waals surface area contributed by atoms with Crippen molar-refractivity contribution < 1.29 is 18.3 Å². The Hall–Kier alpha value is -2.30. The van der Waals surface area contributed by atoms with Gasteiger partial charge in [0.05, 0.1) is 12.1 Å². The summed E-state index contributed by atoms with van der Waals surface area (Å²) in [7, 11) is 0. The summed E-state index contributed by atoms with van der Waals surface area (Å²) in [5.74, 6) is 0.160. The zero-order valence-electron chi connectivity index (χ0n) is 17.3. The minimum Gasteiger partial charge on any atom is -0.507 e. The molecule has 0 saturated carbocycles. The summed E-state index contributed by atoms with van der Waals surface area (Å²) in [6.45, 7) is 12.5. The Kier molecular flexibility index (Phi) is 5.98. The molecule has 28 heavy (non-hydrogen) atoms. The number of rotatable bonds is 3. The summed E-state index contributed by atoms with van der Waals surface area (Å²) >= 11 is 0. The predicted octanol–water partition coefficient (Wildman–Crippen LogP) is 6.63. The monoisotopic (exact) mass is 391 g/mol. The second kappa shape index (κ2) is 7.61. The molecule has 0 fully saturated rings. The minimum absolute atomic E-state index is 0.105. The Balaban J connectivity index is 2.38. The number of nitrogens with zero attached hydrogens (tertiary/aromatic N) is 1. The summed E-state index contributed by atoms with van der Waals surface area (Å²) in [6, 6.07) is 9.03. The molecule has 0 atom stereocenters. The third-order valence-electron chi connectivity index (χ3n) is 4.57. The van der Waals surface area contributed by atoms with Gasteiger partial charge in [0.1, 0.15) is 5.75 Å². The summed E-state index contributed by atoms with van der Waals surface area (Å²) in [6.07, 6.45) is -2.83. The lowest BCUT2D eigenvalue weighted by atomic mass is 9.79. The van der Waals surface area contributed by atoms with E-state index in [-0.39, 0.29) is 23.1 Å². The van der Waals surface area contributed by atoms with E-state index < -0.39 is 11.7 Å². The Morgan fingerprint density at radius 1 is 0.893 bits per heavy atom. The summed E-state index contributed by atoms with van der Waals surface area (Å²) < 4.78 is 38.5. The normalized spacial score (nSPS) is 13.3. The number of hydrogen-bond acceptors (Lipinski definition) is 2. The minimum atomic E-state index is -4.37. The van der Waals surface area contributed by atoms with Gasteiger partial charge < -0.3 is 5.11 Å². The molecule has 0 bridgehead atoms. The molecular formula is C23H28F3NO. The van der Waals surface area contributed by atoms with Crippen molar-refractivity contribution in [3.05, 3.63) is 64.2 Å². The molecule has 2 rings (SSSR count). The molecule has 1 N–H and O–H groups in total. The summed E-state index contributed by atoms with van der Waals surface area (Å²) in [5.41, 5.74) is 1.87. The van der Waals surface area contributed by atoms with Crippen LogP contribution in [0.1, 0.15) is 69.4 Å². The quantitative estimate of drug-likeness (QED) is 0.586. The van der Waals surface area contributed by atoms with Gasteiger partial charge in [0.15, 0.2) is 0 Å². The van der Waals surface area contributed by atoms with Crippen LogP contribution in [-0.4, -0.2) is 11.3 Å². The van der Waals surface area contributed by atoms with Crippen LogP contribution < -0.4 is 0 Å². The van der Waals surface area contributed by atoms with Crippen molar-refractivity contribution in [2.45, 2.75) is 65.1 Å². The molecule has 0 aliphatic heterocycles. The van der Waals surface area contributed by atoms with Crippen LogP contribution in [0.5, 0.6) is 5.75 Å². The third kappa shape index (κ3) is 5.37. The van der Waals surface area contributed by atoms with E-state index in [4.69, 9.17) is 0 Å². The van der Waals surface area contributed by atoms with E-state index in [0.717, 1.165) is 23.3 Å². The number of aliphatic imine (C=N–C) groups is 1. The SMILES string of the molecule is CC(C)(C)c1cc(C=NCc2cccc(C(F)(F)F)c2)c(O)c(C(C)(C)C)c1. The van der Waals surface area contributed by atoms with Gasteiger partial charge in [0.2, 0.25) is 0 Å². The smallest absolute Gasteiger partial charge is 0.416 e.